The number of benzene rings is 2. The number of methoxy groups -OCH3 is 2. The summed E-state index contributed by atoms with van der Waals surface area (Å²) in [6, 6.07) is 11.5. The van der Waals surface area contributed by atoms with Gasteiger partial charge in [0.05, 0.1) is 25.0 Å². The molecule has 0 unspecified atom stereocenters. The number of fused-ring (bicyclic) bond motifs is 1. The Morgan fingerprint density at radius 1 is 0.958 bits per heavy atom. The summed E-state index contributed by atoms with van der Waals surface area (Å²) < 4.78 is 10.4. The van der Waals surface area contributed by atoms with Gasteiger partial charge in [0.1, 0.15) is 17.2 Å². The lowest BCUT2D eigenvalue weighted by atomic mass is 10.0. The van der Waals surface area contributed by atoms with Crippen LogP contribution in [-0.2, 0) is 0 Å². The number of ketones is 1. The van der Waals surface area contributed by atoms with E-state index in [4.69, 9.17) is 9.47 Å². The summed E-state index contributed by atoms with van der Waals surface area (Å²) in [4.78, 5) is 27.5. The van der Waals surface area contributed by atoms with Crippen LogP contribution in [0.15, 0.2) is 47.3 Å². The summed E-state index contributed by atoms with van der Waals surface area (Å²) in [5.41, 5.74) is -0.382. The lowest BCUT2D eigenvalue weighted by molar-refractivity contribution is 0.103. The molecule has 0 radical (unpaired) electrons. The van der Waals surface area contributed by atoms with Crippen molar-refractivity contribution in [2.45, 2.75) is 0 Å². The largest absolute Gasteiger partial charge is 0.505 e. The fourth-order valence-electron chi connectivity index (χ4n) is 2.62. The summed E-state index contributed by atoms with van der Waals surface area (Å²) >= 11 is 0. The zero-order chi connectivity index (χ0) is 17.3. The zero-order valence-electron chi connectivity index (χ0n) is 13.1. The molecule has 2 aromatic carbocycles. The number of nitrogens with one attached hydrogen (secondary N) is 1. The molecule has 0 saturated heterocycles. The molecule has 24 heavy (non-hydrogen) atoms. The molecule has 0 fully saturated rings. The van der Waals surface area contributed by atoms with Gasteiger partial charge < -0.3 is 19.6 Å². The molecule has 0 saturated carbocycles. The van der Waals surface area contributed by atoms with Gasteiger partial charge in [-0.2, -0.15) is 0 Å². The second-order valence-electron chi connectivity index (χ2n) is 5.09. The van der Waals surface area contributed by atoms with Crippen molar-refractivity contribution in [2.75, 3.05) is 14.2 Å². The van der Waals surface area contributed by atoms with Gasteiger partial charge in [0.15, 0.2) is 5.75 Å². The molecule has 1 aromatic heterocycles. The van der Waals surface area contributed by atoms with E-state index < -0.39 is 11.3 Å². The summed E-state index contributed by atoms with van der Waals surface area (Å²) in [5.74, 6) is -0.288. The quantitative estimate of drug-likeness (QED) is 0.719. The molecule has 122 valence electrons. The molecule has 0 atom stereocenters. The van der Waals surface area contributed by atoms with E-state index in [0.717, 1.165) is 0 Å². The van der Waals surface area contributed by atoms with Crippen molar-refractivity contribution in [3.05, 3.63) is 64.1 Å². The van der Waals surface area contributed by atoms with E-state index in [9.17, 15) is 14.7 Å². The van der Waals surface area contributed by atoms with E-state index in [1.807, 2.05) is 0 Å². The first-order valence-electron chi connectivity index (χ1n) is 7.18. The highest BCUT2D eigenvalue weighted by molar-refractivity contribution is 6.13. The average Bonchev–Trinajstić information content (AvgIpc) is 2.63. The molecule has 0 aliphatic carbocycles. The Bertz CT molecular complexity index is 976. The highest BCUT2D eigenvalue weighted by Crippen LogP contribution is 2.38. The van der Waals surface area contributed by atoms with Crippen LogP contribution in [0, 0.1) is 0 Å². The molecular weight excluding hydrogens is 310 g/mol. The summed E-state index contributed by atoms with van der Waals surface area (Å²) in [5, 5.41) is 10.9. The number of aromatic nitrogens is 1. The number of aromatic hydroxyl groups is 1. The molecule has 0 aliphatic rings. The van der Waals surface area contributed by atoms with Crippen LogP contribution >= 0.6 is 0 Å². The Balaban J connectivity index is 2.35. The Kier molecular flexibility index (Phi) is 3.95. The van der Waals surface area contributed by atoms with E-state index in [-0.39, 0.29) is 33.7 Å². The number of hydrogen-bond donors (Lipinski definition) is 2. The lowest BCUT2D eigenvalue weighted by Crippen LogP contribution is -2.15. The summed E-state index contributed by atoms with van der Waals surface area (Å²) in [6.07, 6.45) is 0. The van der Waals surface area contributed by atoms with Gasteiger partial charge in [0.2, 0.25) is 5.78 Å². The Morgan fingerprint density at radius 3 is 2.12 bits per heavy atom. The topological polar surface area (TPSA) is 88.6 Å². The van der Waals surface area contributed by atoms with Crippen LogP contribution in [-0.4, -0.2) is 30.1 Å². The fraction of sp³-hybridized carbons (Fsp3) is 0.111. The highest BCUT2D eigenvalue weighted by atomic mass is 16.5. The summed E-state index contributed by atoms with van der Waals surface area (Å²) in [6.45, 7) is 0. The predicted octanol–water partition coefficient (Wildman–Crippen LogP) is 2.48. The molecule has 3 rings (SSSR count). The number of aromatic amines is 1. The molecule has 0 aliphatic heterocycles. The van der Waals surface area contributed by atoms with Gasteiger partial charge >= 0.3 is 0 Å². The van der Waals surface area contributed by atoms with Crippen LogP contribution in [0.25, 0.3) is 10.8 Å². The van der Waals surface area contributed by atoms with Crippen LogP contribution in [0.5, 0.6) is 17.2 Å². The van der Waals surface area contributed by atoms with Crippen LogP contribution in [0.3, 0.4) is 0 Å². The molecule has 6 nitrogen and oxygen atoms in total. The number of carbonyl (C=O) groups excluding carboxylic acids is 1. The Labute approximate surface area is 137 Å². The molecule has 6 heteroatoms. The van der Waals surface area contributed by atoms with Gasteiger partial charge in [-0.1, -0.05) is 30.3 Å². The Morgan fingerprint density at radius 2 is 1.54 bits per heavy atom. The second-order valence-corrected chi connectivity index (χ2v) is 5.09. The maximum atomic E-state index is 12.6. The smallest absolute Gasteiger partial charge is 0.260 e. The van der Waals surface area contributed by atoms with Crippen LogP contribution in [0.1, 0.15) is 16.1 Å². The number of H-pyrrole nitrogens is 1. The maximum absolute atomic E-state index is 12.6. The first-order valence-corrected chi connectivity index (χ1v) is 7.18. The molecule has 2 N–H and O–H groups in total. The van der Waals surface area contributed by atoms with Crippen LogP contribution in [0.2, 0.25) is 0 Å². The van der Waals surface area contributed by atoms with Crippen molar-refractivity contribution in [3.63, 3.8) is 0 Å². The van der Waals surface area contributed by atoms with E-state index in [1.54, 1.807) is 42.5 Å². The third-order valence-electron chi connectivity index (χ3n) is 3.77. The summed E-state index contributed by atoms with van der Waals surface area (Å²) in [7, 11) is 2.83. The molecule has 0 bridgehead atoms. The van der Waals surface area contributed by atoms with Gasteiger partial charge in [-0.15, -0.1) is 0 Å². The third-order valence-corrected chi connectivity index (χ3v) is 3.77. The lowest BCUT2D eigenvalue weighted by Gasteiger charge is -2.12. The van der Waals surface area contributed by atoms with E-state index in [1.165, 1.54) is 14.2 Å². The number of rotatable bonds is 4. The van der Waals surface area contributed by atoms with Gasteiger partial charge in [-0.05, 0) is 12.1 Å². The van der Waals surface area contributed by atoms with Gasteiger partial charge in [-0.3, -0.25) is 9.59 Å². The van der Waals surface area contributed by atoms with Crippen molar-refractivity contribution < 1.29 is 19.4 Å². The number of pyridine rings is 1. The molecule has 1 heterocycles. The Hall–Kier alpha value is -3.28. The van der Waals surface area contributed by atoms with Crippen molar-refractivity contribution in [1.29, 1.82) is 0 Å². The number of carbonyl (C=O) groups is 1. The van der Waals surface area contributed by atoms with E-state index in [2.05, 4.69) is 4.98 Å². The van der Waals surface area contributed by atoms with Gasteiger partial charge in [0, 0.05) is 5.56 Å². The number of hydrogen-bond acceptors (Lipinski definition) is 5. The van der Waals surface area contributed by atoms with Crippen molar-refractivity contribution >= 4 is 16.6 Å². The van der Waals surface area contributed by atoms with Gasteiger partial charge in [-0.25, -0.2) is 0 Å². The van der Waals surface area contributed by atoms with Crippen molar-refractivity contribution in [1.82, 2.24) is 4.98 Å². The monoisotopic (exact) mass is 325 g/mol. The van der Waals surface area contributed by atoms with Crippen molar-refractivity contribution in [2.24, 2.45) is 0 Å². The zero-order valence-corrected chi connectivity index (χ0v) is 13.1. The van der Waals surface area contributed by atoms with E-state index >= 15 is 0 Å². The number of ether oxygens (including phenoxy) is 2. The minimum absolute atomic E-state index is 0.124. The maximum Gasteiger partial charge on any atom is 0.260 e. The first kappa shape index (κ1) is 15.6. The standard InChI is InChI=1S/C18H15NO5/c1-23-11-8-9-12(24-2)14-13(11)17(21)15(19-18(14)22)16(20)10-6-4-3-5-7-10/h3-9,21H,1-2H3,(H,19,22). The van der Waals surface area contributed by atoms with E-state index in [0.29, 0.717) is 5.56 Å². The van der Waals surface area contributed by atoms with Crippen LogP contribution < -0.4 is 15.0 Å². The normalized spacial score (nSPS) is 10.6. The second kappa shape index (κ2) is 6.08. The van der Waals surface area contributed by atoms with Gasteiger partial charge in [0.25, 0.3) is 5.56 Å². The average molecular weight is 325 g/mol. The molecular formula is C18H15NO5. The van der Waals surface area contributed by atoms with Crippen LogP contribution in [0.4, 0.5) is 0 Å². The highest BCUT2D eigenvalue weighted by Gasteiger charge is 2.22. The molecule has 0 amide bonds. The predicted molar refractivity (Wildman–Crippen MR) is 89.2 cm³/mol. The first-order chi connectivity index (χ1) is 11.6. The SMILES string of the molecule is COc1ccc(OC)c2c(=O)[nH]c(C(=O)c3ccccc3)c(O)c12. The fourth-order valence-corrected chi connectivity index (χ4v) is 2.62. The van der Waals surface area contributed by atoms with Crippen molar-refractivity contribution in [3.8, 4) is 17.2 Å². The third kappa shape index (κ3) is 2.38. The molecule has 3 aromatic rings. The minimum atomic E-state index is -0.544. The minimum Gasteiger partial charge on any atom is -0.505 e. The molecule has 0 spiro atoms.